The maximum atomic E-state index is 8.91. The third-order valence-corrected chi connectivity index (χ3v) is 4.40. The highest BCUT2D eigenvalue weighted by Gasteiger charge is 2.13. The number of benzene rings is 2. The fraction of sp³-hybridized carbons (Fsp3) is 0.333. The first kappa shape index (κ1) is 23.9. The molecule has 0 aromatic heterocycles. The van der Waals surface area contributed by atoms with Gasteiger partial charge in [0.05, 0.1) is 21.3 Å². The van der Waals surface area contributed by atoms with Gasteiger partial charge in [0.1, 0.15) is 34.6 Å². The van der Waals surface area contributed by atoms with Gasteiger partial charge in [0.15, 0.2) is 0 Å². The van der Waals surface area contributed by atoms with E-state index >= 15 is 0 Å². The minimum absolute atomic E-state index is 0.00165. The van der Waals surface area contributed by atoms with Crippen LogP contribution in [-0.4, -0.2) is 44.7 Å². The van der Waals surface area contributed by atoms with E-state index in [-0.39, 0.29) is 18.3 Å². The smallest absolute Gasteiger partial charge is 0.144 e. The lowest BCUT2D eigenvalue weighted by Crippen LogP contribution is -2.37. The first-order valence-corrected chi connectivity index (χ1v) is 9.68. The van der Waals surface area contributed by atoms with Gasteiger partial charge in [0.2, 0.25) is 0 Å². The number of methoxy groups -OCH3 is 3. The number of ether oxygens (including phenoxy) is 3. The van der Waals surface area contributed by atoms with E-state index in [0.29, 0.717) is 47.9 Å². The van der Waals surface area contributed by atoms with Crippen molar-refractivity contribution in [3.05, 3.63) is 47.5 Å². The summed E-state index contributed by atoms with van der Waals surface area (Å²) in [5.74, 6) is 2.23. The standard InChI is InChI=1S/C21H30N6O4/c1-29-15-10-9-14(18(12-15)31-3)13-24-27-26-20-16(6-4-7-17(20)30-2)21(23)25-19(22)8-5-11-28/h4,6-7,9-10,12,24,26-28H,5,8,11,13H2,1-3H3,(H3,22,23,25). The van der Waals surface area contributed by atoms with Crippen LogP contribution >= 0.6 is 0 Å². The molecule has 0 amide bonds. The van der Waals surface area contributed by atoms with Gasteiger partial charge in [-0.1, -0.05) is 12.1 Å². The van der Waals surface area contributed by atoms with Gasteiger partial charge in [-0.3, -0.25) is 5.41 Å². The summed E-state index contributed by atoms with van der Waals surface area (Å²) in [6, 6.07) is 10.9. The maximum absolute atomic E-state index is 8.91. The number of nitrogens with zero attached hydrogens (tertiary/aromatic N) is 1. The van der Waals surface area contributed by atoms with Gasteiger partial charge in [-0.25, -0.2) is 10.4 Å². The summed E-state index contributed by atoms with van der Waals surface area (Å²) < 4.78 is 16.0. The molecular formula is C21H30N6O4. The largest absolute Gasteiger partial charge is 0.497 e. The van der Waals surface area contributed by atoms with Crippen LogP contribution in [0.25, 0.3) is 0 Å². The number of para-hydroxylation sites is 1. The van der Waals surface area contributed by atoms with Crippen molar-refractivity contribution in [2.75, 3.05) is 33.4 Å². The molecule has 2 rings (SSSR count). The normalized spacial score (nSPS) is 11.2. The Morgan fingerprint density at radius 2 is 1.87 bits per heavy atom. The molecule has 10 heteroatoms. The molecule has 0 heterocycles. The summed E-state index contributed by atoms with van der Waals surface area (Å²) >= 11 is 0. The third kappa shape index (κ3) is 6.85. The molecule has 0 aliphatic carbocycles. The van der Waals surface area contributed by atoms with Gasteiger partial charge >= 0.3 is 0 Å². The lowest BCUT2D eigenvalue weighted by atomic mass is 10.1. The lowest BCUT2D eigenvalue weighted by Gasteiger charge is -2.17. The summed E-state index contributed by atoms with van der Waals surface area (Å²) in [5.41, 5.74) is 17.2. The predicted molar refractivity (Wildman–Crippen MR) is 121 cm³/mol. The van der Waals surface area contributed by atoms with Gasteiger partial charge < -0.3 is 30.5 Å². The quantitative estimate of drug-likeness (QED) is 0.129. The SMILES string of the molecule is COc1ccc(CNNNc2c(OC)cccc2/C(N)=N/C(=N)CCCO)c(OC)c1. The van der Waals surface area contributed by atoms with Crippen molar-refractivity contribution in [2.45, 2.75) is 19.4 Å². The van der Waals surface area contributed by atoms with Gasteiger partial charge in [0.25, 0.3) is 0 Å². The fourth-order valence-electron chi connectivity index (χ4n) is 2.80. The molecule has 168 valence electrons. The number of aliphatic hydroxyl groups excluding tert-OH is 1. The van der Waals surface area contributed by atoms with Crippen LogP contribution < -0.4 is 36.3 Å². The zero-order valence-electron chi connectivity index (χ0n) is 18.0. The molecule has 0 fully saturated rings. The number of nitrogens with two attached hydrogens (primary N) is 1. The monoisotopic (exact) mass is 430 g/mol. The number of hydrazine groups is 2. The van der Waals surface area contributed by atoms with Crippen molar-refractivity contribution in [3.63, 3.8) is 0 Å². The van der Waals surface area contributed by atoms with E-state index in [4.69, 9.17) is 30.5 Å². The Morgan fingerprint density at radius 1 is 1.10 bits per heavy atom. The Bertz CT molecular complexity index is 903. The van der Waals surface area contributed by atoms with Gasteiger partial charge in [-0.05, 0) is 24.6 Å². The van der Waals surface area contributed by atoms with Gasteiger partial charge in [0, 0.05) is 36.8 Å². The van der Waals surface area contributed by atoms with E-state index < -0.39 is 0 Å². The predicted octanol–water partition coefficient (Wildman–Crippen LogP) is 1.79. The molecule has 0 spiro atoms. The summed E-state index contributed by atoms with van der Waals surface area (Å²) in [7, 11) is 4.76. The topological polar surface area (TPSA) is 146 Å². The van der Waals surface area contributed by atoms with Crippen LogP contribution in [0.4, 0.5) is 5.69 Å². The van der Waals surface area contributed by atoms with Crippen molar-refractivity contribution in [1.82, 2.24) is 11.0 Å². The number of nitrogens with one attached hydrogen (secondary N) is 4. The molecule has 31 heavy (non-hydrogen) atoms. The van der Waals surface area contributed by atoms with Gasteiger partial charge in [-0.2, -0.15) is 5.53 Å². The summed E-state index contributed by atoms with van der Waals surface area (Å²) in [6.45, 7) is 0.457. The zero-order chi connectivity index (χ0) is 22.6. The summed E-state index contributed by atoms with van der Waals surface area (Å²) in [5, 5.41) is 16.8. The molecule has 10 nitrogen and oxygen atoms in total. The van der Waals surface area contributed by atoms with Crippen molar-refractivity contribution in [2.24, 2.45) is 10.7 Å². The Balaban J connectivity index is 2.09. The minimum Gasteiger partial charge on any atom is -0.497 e. The lowest BCUT2D eigenvalue weighted by molar-refractivity contribution is 0.291. The first-order chi connectivity index (χ1) is 15.0. The van der Waals surface area contributed by atoms with Crippen LogP contribution in [-0.2, 0) is 6.54 Å². The molecule has 7 N–H and O–H groups in total. The van der Waals surface area contributed by atoms with Crippen molar-refractivity contribution in [3.8, 4) is 17.2 Å². The number of hydrogen-bond donors (Lipinski definition) is 6. The molecule has 2 aromatic rings. The maximum Gasteiger partial charge on any atom is 0.144 e. The average Bonchev–Trinajstić information content (AvgIpc) is 2.80. The second kappa shape index (κ2) is 12.4. The molecule has 0 saturated heterocycles. The fourth-order valence-corrected chi connectivity index (χ4v) is 2.80. The number of hydrogen-bond acceptors (Lipinski definition) is 8. The van der Waals surface area contributed by atoms with Crippen LogP contribution in [0.3, 0.4) is 0 Å². The minimum atomic E-state index is -0.00165. The second-order valence-electron chi connectivity index (χ2n) is 6.44. The van der Waals surface area contributed by atoms with Crippen LogP contribution in [0.1, 0.15) is 24.0 Å². The molecule has 0 radical (unpaired) electrons. The van der Waals surface area contributed by atoms with Crippen molar-refractivity contribution in [1.29, 1.82) is 5.41 Å². The molecule has 0 aliphatic rings. The van der Waals surface area contributed by atoms with E-state index in [2.05, 4.69) is 21.4 Å². The molecule has 0 saturated carbocycles. The van der Waals surface area contributed by atoms with E-state index in [1.54, 1.807) is 39.5 Å². The number of aliphatic hydroxyl groups is 1. The van der Waals surface area contributed by atoms with Gasteiger partial charge in [-0.15, -0.1) is 0 Å². The number of amidine groups is 2. The molecule has 0 aliphatic heterocycles. The Kier molecular flexibility index (Phi) is 9.56. The van der Waals surface area contributed by atoms with Crippen molar-refractivity contribution < 1.29 is 19.3 Å². The van der Waals surface area contributed by atoms with E-state index in [0.717, 1.165) is 5.56 Å². The highest BCUT2D eigenvalue weighted by Crippen LogP contribution is 2.28. The van der Waals surface area contributed by atoms with Crippen LogP contribution in [0, 0.1) is 5.41 Å². The number of aliphatic imine (C=N–C) groups is 1. The molecule has 0 bridgehead atoms. The summed E-state index contributed by atoms with van der Waals surface area (Å²) in [4.78, 5) is 4.13. The molecule has 0 atom stereocenters. The Labute approximate surface area is 181 Å². The number of anilines is 1. The molecular weight excluding hydrogens is 400 g/mol. The average molecular weight is 431 g/mol. The highest BCUT2D eigenvalue weighted by molar-refractivity contribution is 6.08. The Morgan fingerprint density at radius 3 is 2.55 bits per heavy atom. The van der Waals surface area contributed by atoms with E-state index in [1.165, 1.54) is 0 Å². The van der Waals surface area contributed by atoms with Crippen LogP contribution in [0.2, 0.25) is 0 Å². The van der Waals surface area contributed by atoms with Crippen LogP contribution in [0.15, 0.2) is 41.4 Å². The van der Waals surface area contributed by atoms with Crippen molar-refractivity contribution >= 4 is 17.4 Å². The van der Waals surface area contributed by atoms with E-state index in [1.807, 2.05) is 18.2 Å². The number of rotatable bonds is 12. The highest BCUT2D eigenvalue weighted by atomic mass is 16.5. The first-order valence-electron chi connectivity index (χ1n) is 9.68. The Hall–Kier alpha value is -3.34. The second-order valence-corrected chi connectivity index (χ2v) is 6.44. The van der Waals surface area contributed by atoms with E-state index in [9.17, 15) is 0 Å². The third-order valence-electron chi connectivity index (χ3n) is 4.40. The van der Waals surface area contributed by atoms with Crippen LogP contribution in [0.5, 0.6) is 17.2 Å². The molecule has 0 unspecified atom stereocenters. The molecule has 2 aromatic carbocycles. The zero-order valence-corrected chi connectivity index (χ0v) is 18.0. The summed E-state index contributed by atoms with van der Waals surface area (Å²) in [6.07, 6.45) is 0.798.